The van der Waals surface area contributed by atoms with Crippen LogP contribution in [-0.4, -0.2) is 60.4 Å². The summed E-state index contributed by atoms with van der Waals surface area (Å²) in [6.07, 6.45) is -0.118. The van der Waals surface area contributed by atoms with Gasteiger partial charge in [-0.05, 0) is 0 Å². The number of carbonyl (C=O) groups is 1. The molecular weight excluding hydrogens is 452 g/mol. The van der Waals surface area contributed by atoms with Gasteiger partial charge < -0.3 is 0 Å². The second-order valence-electron chi connectivity index (χ2n) is 7.90. The summed E-state index contributed by atoms with van der Waals surface area (Å²) in [5.74, 6) is 0.443. The van der Waals surface area contributed by atoms with Gasteiger partial charge in [0.2, 0.25) is 0 Å². The van der Waals surface area contributed by atoms with Crippen molar-refractivity contribution in [2.75, 3.05) is 6.61 Å². The topological polar surface area (TPSA) is 29.5 Å². The first-order chi connectivity index (χ1) is 8.43. The molecule has 1 unspecified atom stereocenters. The molecule has 1 amide bonds. The first-order valence-electron chi connectivity index (χ1n) is 7.13. The molecule has 1 rings (SSSR count). The predicted molar refractivity (Wildman–Crippen MR) is 86.6 cm³/mol. The van der Waals surface area contributed by atoms with Crippen LogP contribution >= 0.6 is 0 Å². The van der Waals surface area contributed by atoms with E-state index in [1.54, 1.807) is 0 Å². The van der Waals surface area contributed by atoms with Crippen molar-refractivity contribution < 1.29 is 9.53 Å². The number of rotatable bonds is 4. The van der Waals surface area contributed by atoms with E-state index >= 15 is 0 Å². The maximum absolute atomic E-state index is 12.2. The third-order valence-corrected chi connectivity index (χ3v) is 14.4. The fraction of sp³-hybridized carbons (Fsp3) is 0.786. The van der Waals surface area contributed by atoms with Gasteiger partial charge in [-0.15, -0.1) is 0 Å². The van der Waals surface area contributed by atoms with Gasteiger partial charge in [-0.25, -0.2) is 0 Å². The van der Waals surface area contributed by atoms with Gasteiger partial charge in [0, 0.05) is 0 Å². The van der Waals surface area contributed by atoms with Gasteiger partial charge in [-0.2, -0.15) is 0 Å². The van der Waals surface area contributed by atoms with Crippen molar-refractivity contribution in [2.45, 2.75) is 49.5 Å². The van der Waals surface area contributed by atoms with Crippen LogP contribution in [-0.2, 0) is 4.74 Å². The molecule has 1 saturated heterocycles. The van der Waals surface area contributed by atoms with Gasteiger partial charge in [-0.1, -0.05) is 0 Å². The Morgan fingerprint density at radius 1 is 1.26 bits per heavy atom. The standard InChI is InChI=1S/C8H11NO2.6CH3.2Sn/c1-4-9-7(6(2)3)5-11-8(9)10;;;;;;;;/h1,6-7H,5H2,2-3H3;6*1H3;;. The van der Waals surface area contributed by atoms with E-state index in [4.69, 9.17) is 4.74 Å². The third kappa shape index (κ3) is 4.83. The Labute approximate surface area is 126 Å². The fourth-order valence-electron chi connectivity index (χ4n) is 2.26. The Bertz CT molecular complexity index is 378. The molecule has 1 heterocycles. The second kappa shape index (κ2) is 6.16. The monoisotopic (exact) mass is 483 g/mol. The molecule has 19 heavy (non-hydrogen) atoms. The molecule has 0 N–H and O–H groups in total. The first-order valence-corrected chi connectivity index (χ1v) is 27.3. The van der Waals surface area contributed by atoms with E-state index in [1.807, 2.05) is 4.90 Å². The zero-order valence-corrected chi connectivity index (χ0v) is 19.4. The van der Waals surface area contributed by atoms with Crippen LogP contribution in [0.2, 0.25) is 29.6 Å². The van der Waals surface area contributed by atoms with E-state index in [9.17, 15) is 4.79 Å². The van der Waals surface area contributed by atoms with Gasteiger partial charge in [0.05, 0.1) is 0 Å². The van der Waals surface area contributed by atoms with E-state index in [1.165, 1.54) is 3.71 Å². The summed E-state index contributed by atoms with van der Waals surface area (Å²) in [6, 6.07) is 0.225. The average Bonchev–Trinajstić information content (AvgIpc) is 2.53. The van der Waals surface area contributed by atoms with Crippen LogP contribution in [0.3, 0.4) is 0 Å². The van der Waals surface area contributed by atoms with E-state index in [0.29, 0.717) is 12.5 Å². The molecule has 0 aliphatic carbocycles. The number of hydrogen-bond acceptors (Lipinski definition) is 2. The van der Waals surface area contributed by atoms with Crippen molar-refractivity contribution in [3.63, 3.8) is 0 Å². The van der Waals surface area contributed by atoms with E-state index in [-0.39, 0.29) is 12.1 Å². The van der Waals surface area contributed by atoms with Crippen LogP contribution < -0.4 is 0 Å². The van der Waals surface area contributed by atoms with Crippen LogP contribution in [0.1, 0.15) is 13.8 Å². The molecule has 1 atom stereocenters. The summed E-state index contributed by atoms with van der Waals surface area (Å²) in [4.78, 5) is 28.6. The van der Waals surface area contributed by atoms with Crippen LogP contribution in [0.15, 0.2) is 7.80 Å². The van der Waals surface area contributed by atoms with Crippen LogP contribution in [0.25, 0.3) is 0 Å². The molecule has 0 aromatic rings. The minimum absolute atomic E-state index is 0.118. The fourth-order valence-corrected chi connectivity index (χ4v) is 25.6. The summed E-state index contributed by atoms with van der Waals surface area (Å²) >= 11 is -4.42. The molecule has 1 aliphatic rings. The molecule has 0 bridgehead atoms. The predicted octanol–water partition coefficient (Wildman–Crippen LogP) is 4.10. The van der Waals surface area contributed by atoms with Crippen molar-refractivity contribution in [1.82, 2.24) is 4.90 Å². The summed E-state index contributed by atoms with van der Waals surface area (Å²) in [6.45, 7) is 4.90. The molecule has 5 heteroatoms. The quantitative estimate of drug-likeness (QED) is 0.567. The number of amides is 1. The van der Waals surface area contributed by atoms with Gasteiger partial charge in [0.1, 0.15) is 0 Å². The number of hydrogen-bond donors (Lipinski definition) is 0. The van der Waals surface area contributed by atoms with Gasteiger partial charge in [0.15, 0.2) is 0 Å². The number of ether oxygens (including phenoxy) is 1. The molecule has 0 saturated carbocycles. The molecule has 1 fully saturated rings. The van der Waals surface area contributed by atoms with Crippen molar-refractivity contribution in [1.29, 1.82) is 0 Å². The molecule has 0 aromatic heterocycles. The molecule has 0 spiro atoms. The van der Waals surface area contributed by atoms with Gasteiger partial charge in [0.25, 0.3) is 0 Å². The van der Waals surface area contributed by atoms with E-state index < -0.39 is 36.8 Å². The Morgan fingerprint density at radius 2 is 1.79 bits per heavy atom. The van der Waals surface area contributed by atoms with Crippen molar-refractivity contribution >= 4 is 42.8 Å². The van der Waals surface area contributed by atoms with Crippen LogP contribution in [0, 0.1) is 5.92 Å². The SMILES string of the molecule is CC(C)C1COC(=O)N1/[C](=[CH]/[Sn]([CH3])([CH3])[CH3])[Sn]([CH3])([CH3])[CH3]. The minimum atomic E-state index is -2.33. The van der Waals surface area contributed by atoms with E-state index in [2.05, 4.69) is 47.6 Å². The van der Waals surface area contributed by atoms with Crippen molar-refractivity contribution in [3.05, 3.63) is 7.80 Å². The van der Waals surface area contributed by atoms with Crippen molar-refractivity contribution in [3.8, 4) is 0 Å². The van der Waals surface area contributed by atoms with Crippen LogP contribution in [0.5, 0.6) is 0 Å². The molecule has 110 valence electrons. The van der Waals surface area contributed by atoms with Gasteiger partial charge >= 0.3 is 127 Å². The summed E-state index contributed by atoms with van der Waals surface area (Å²) in [5.41, 5.74) is 0. The molecule has 1 aliphatic heterocycles. The Morgan fingerprint density at radius 3 is 2.16 bits per heavy atom. The summed E-state index contributed by atoms with van der Waals surface area (Å²) < 4.78 is 9.21. The average molecular weight is 481 g/mol. The summed E-state index contributed by atoms with van der Waals surface area (Å²) in [5, 5.41) is 0. The molecule has 3 nitrogen and oxygen atoms in total. The Hall–Kier alpha value is 0.607. The Kier molecular flexibility index (Phi) is 5.72. The second-order valence-corrected chi connectivity index (χ2v) is 36.5. The zero-order valence-electron chi connectivity index (χ0n) is 13.7. The van der Waals surface area contributed by atoms with Crippen LogP contribution in [0.4, 0.5) is 4.79 Å². The summed E-state index contributed by atoms with van der Waals surface area (Å²) in [7, 11) is 0. The molecule has 0 aromatic carbocycles. The van der Waals surface area contributed by atoms with Crippen molar-refractivity contribution in [2.24, 2.45) is 5.92 Å². The van der Waals surface area contributed by atoms with E-state index in [0.717, 1.165) is 0 Å². The zero-order chi connectivity index (χ0) is 15.0. The molecular formula is C14H29NO2Sn2. The number of carbonyl (C=O) groups excluding carboxylic acids is 1. The normalized spacial score (nSPS) is 22.2. The Balaban J connectivity index is 3.25. The van der Waals surface area contributed by atoms with Gasteiger partial charge in [-0.3, -0.25) is 0 Å². The third-order valence-electron chi connectivity index (χ3n) is 3.27. The number of cyclic esters (lactones) is 1. The first kappa shape index (κ1) is 17.7. The maximum atomic E-state index is 12.2. The number of nitrogens with zero attached hydrogens (tertiary/aromatic N) is 1. The molecule has 0 radical (unpaired) electrons.